The van der Waals surface area contributed by atoms with Crippen molar-refractivity contribution in [3.63, 3.8) is 0 Å². The molecule has 0 aliphatic heterocycles. The van der Waals surface area contributed by atoms with E-state index in [4.69, 9.17) is 16.3 Å². The average molecular weight is 366 g/mol. The van der Waals surface area contributed by atoms with E-state index in [-0.39, 0.29) is 10.8 Å². The summed E-state index contributed by atoms with van der Waals surface area (Å²) in [6.45, 7) is 0. The van der Waals surface area contributed by atoms with E-state index in [1.165, 1.54) is 37.5 Å². The normalized spacial score (nSPS) is 11.5. The van der Waals surface area contributed by atoms with Crippen molar-refractivity contribution >= 4 is 39.1 Å². The highest BCUT2D eigenvalue weighted by molar-refractivity contribution is 7.90. The zero-order chi connectivity index (χ0) is 17.7. The first-order chi connectivity index (χ1) is 11.3. The van der Waals surface area contributed by atoms with Gasteiger partial charge in [-0.15, -0.1) is 0 Å². The number of sulfone groups is 1. The Hall–Kier alpha value is -2.31. The Morgan fingerprint density at radius 2 is 1.83 bits per heavy atom. The van der Waals surface area contributed by atoms with Crippen LogP contribution in [0.3, 0.4) is 0 Å². The number of rotatable bonds is 5. The molecular formula is C17H16ClNO4S. The molecule has 0 saturated carbocycles. The van der Waals surface area contributed by atoms with E-state index in [9.17, 15) is 13.2 Å². The molecule has 0 bridgehead atoms. The molecule has 24 heavy (non-hydrogen) atoms. The lowest BCUT2D eigenvalue weighted by Gasteiger charge is -2.04. The summed E-state index contributed by atoms with van der Waals surface area (Å²) in [5.41, 5.74) is 1.26. The SMILES string of the molecule is COc1ccc(C=CC(=O)Nc2ccc(S(C)(=O)=O)cc2)cc1Cl. The molecule has 0 unspecified atom stereocenters. The molecule has 0 spiro atoms. The molecule has 0 fully saturated rings. The third-order valence-electron chi connectivity index (χ3n) is 3.15. The van der Waals surface area contributed by atoms with Crippen LogP contribution in [-0.2, 0) is 14.6 Å². The lowest BCUT2D eigenvalue weighted by atomic mass is 10.2. The number of benzene rings is 2. The first-order valence-corrected chi connectivity index (χ1v) is 9.19. The second kappa shape index (κ2) is 7.51. The number of carbonyl (C=O) groups excluding carboxylic acids is 1. The predicted octanol–water partition coefficient (Wildman–Crippen LogP) is 3.40. The third kappa shape index (κ3) is 4.84. The van der Waals surface area contributed by atoms with E-state index in [1.54, 1.807) is 24.3 Å². The molecule has 0 saturated heterocycles. The number of nitrogens with one attached hydrogen (secondary N) is 1. The second-order valence-corrected chi connectivity index (χ2v) is 7.44. The molecule has 5 nitrogen and oxygen atoms in total. The van der Waals surface area contributed by atoms with Gasteiger partial charge in [0, 0.05) is 18.0 Å². The predicted molar refractivity (Wildman–Crippen MR) is 95.2 cm³/mol. The molecular weight excluding hydrogens is 350 g/mol. The summed E-state index contributed by atoms with van der Waals surface area (Å²) in [6, 6.07) is 11.1. The van der Waals surface area contributed by atoms with Crippen LogP contribution in [0.5, 0.6) is 5.75 Å². The quantitative estimate of drug-likeness (QED) is 0.824. The van der Waals surface area contributed by atoms with E-state index in [1.807, 2.05) is 0 Å². The molecule has 7 heteroatoms. The van der Waals surface area contributed by atoms with Crippen molar-refractivity contribution in [3.8, 4) is 5.75 Å². The fraction of sp³-hybridized carbons (Fsp3) is 0.118. The first kappa shape index (κ1) is 18.0. The van der Waals surface area contributed by atoms with Crippen LogP contribution in [0.25, 0.3) is 6.08 Å². The van der Waals surface area contributed by atoms with Crippen LogP contribution in [0, 0.1) is 0 Å². The molecule has 0 aliphatic rings. The third-order valence-corrected chi connectivity index (χ3v) is 4.58. The van der Waals surface area contributed by atoms with E-state index in [2.05, 4.69) is 5.32 Å². The molecule has 2 aromatic rings. The molecule has 2 rings (SSSR count). The molecule has 0 aliphatic carbocycles. The van der Waals surface area contributed by atoms with Crippen molar-refractivity contribution in [1.82, 2.24) is 0 Å². The lowest BCUT2D eigenvalue weighted by molar-refractivity contribution is -0.111. The van der Waals surface area contributed by atoms with Crippen LogP contribution >= 0.6 is 11.6 Å². The highest BCUT2D eigenvalue weighted by atomic mass is 35.5. The number of hydrogen-bond donors (Lipinski definition) is 1. The Kier molecular flexibility index (Phi) is 5.64. The largest absolute Gasteiger partial charge is 0.495 e. The molecule has 1 amide bonds. The fourth-order valence-corrected chi connectivity index (χ4v) is 2.82. The summed E-state index contributed by atoms with van der Waals surface area (Å²) in [4.78, 5) is 12.1. The maximum absolute atomic E-state index is 11.9. The summed E-state index contributed by atoms with van der Waals surface area (Å²) in [6.07, 6.45) is 4.11. The van der Waals surface area contributed by atoms with E-state index in [0.29, 0.717) is 16.5 Å². The Labute approximate surface area is 145 Å². The summed E-state index contributed by atoms with van der Waals surface area (Å²) < 4.78 is 27.8. The number of hydrogen-bond acceptors (Lipinski definition) is 4. The average Bonchev–Trinajstić information content (AvgIpc) is 2.53. The van der Waals surface area contributed by atoms with Crippen LogP contribution in [-0.4, -0.2) is 27.7 Å². The van der Waals surface area contributed by atoms with Gasteiger partial charge in [0.1, 0.15) is 5.75 Å². The van der Waals surface area contributed by atoms with E-state index < -0.39 is 9.84 Å². The molecule has 0 radical (unpaired) electrons. The van der Waals surface area contributed by atoms with Gasteiger partial charge in [0.2, 0.25) is 5.91 Å². The zero-order valence-electron chi connectivity index (χ0n) is 13.1. The molecule has 0 atom stereocenters. The molecule has 0 heterocycles. The van der Waals surface area contributed by atoms with Crippen molar-refractivity contribution in [1.29, 1.82) is 0 Å². The molecule has 0 aromatic heterocycles. The Bertz CT molecular complexity index is 874. The Balaban J connectivity index is 2.04. The second-order valence-electron chi connectivity index (χ2n) is 5.01. The first-order valence-electron chi connectivity index (χ1n) is 6.92. The Morgan fingerprint density at radius 1 is 1.17 bits per heavy atom. The smallest absolute Gasteiger partial charge is 0.248 e. The topological polar surface area (TPSA) is 72.5 Å². The maximum Gasteiger partial charge on any atom is 0.248 e. The minimum absolute atomic E-state index is 0.198. The van der Waals surface area contributed by atoms with Crippen LogP contribution < -0.4 is 10.1 Å². The number of ether oxygens (including phenoxy) is 1. The van der Waals surface area contributed by atoms with Crippen molar-refractivity contribution in [2.24, 2.45) is 0 Å². The van der Waals surface area contributed by atoms with Crippen LogP contribution in [0.15, 0.2) is 53.4 Å². The van der Waals surface area contributed by atoms with Gasteiger partial charge >= 0.3 is 0 Å². The lowest BCUT2D eigenvalue weighted by Crippen LogP contribution is -2.08. The number of halogens is 1. The monoisotopic (exact) mass is 365 g/mol. The highest BCUT2D eigenvalue weighted by Crippen LogP contribution is 2.25. The van der Waals surface area contributed by atoms with Gasteiger partial charge in [0.05, 0.1) is 17.0 Å². The minimum atomic E-state index is -3.25. The summed E-state index contributed by atoms with van der Waals surface area (Å²) in [5, 5.41) is 3.10. The van der Waals surface area contributed by atoms with Crippen LogP contribution in [0.4, 0.5) is 5.69 Å². The van der Waals surface area contributed by atoms with Crippen molar-refractivity contribution in [2.45, 2.75) is 4.90 Å². The van der Waals surface area contributed by atoms with Crippen molar-refractivity contribution in [3.05, 3.63) is 59.1 Å². The summed E-state index contributed by atoms with van der Waals surface area (Å²) in [7, 11) is -1.73. The van der Waals surface area contributed by atoms with Crippen LogP contribution in [0.2, 0.25) is 5.02 Å². The van der Waals surface area contributed by atoms with Crippen molar-refractivity contribution < 1.29 is 17.9 Å². The van der Waals surface area contributed by atoms with Gasteiger partial charge in [-0.25, -0.2) is 8.42 Å². The van der Waals surface area contributed by atoms with Crippen LogP contribution in [0.1, 0.15) is 5.56 Å². The number of carbonyl (C=O) groups is 1. The van der Waals surface area contributed by atoms with E-state index in [0.717, 1.165) is 11.8 Å². The maximum atomic E-state index is 11.9. The van der Waals surface area contributed by atoms with Crippen molar-refractivity contribution in [2.75, 3.05) is 18.7 Å². The number of amides is 1. The van der Waals surface area contributed by atoms with E-state index >= 15 is 0 Å². The number of methoxy groups -OCH3 is 1. The van der Waals surface area contributed by atoms with Gasteiger partial charge in [-0.1, -0.05) is 17.7 Å². The molecule has 2 aromatic carbocycles. The summed E-state index contributed by atoms with van der Waals surface area (Å²) >= 11 is 6.02. The molecule has 1 N–H and O–H groups in total. The summed E-state index contributed by atoms with van der Waals surface area (Å²) in [5.74, 6) is 0.221. The van der Waals surface area contributed by atoms with Gasteiger partial charge in [-0.2, -0.15) is 0 Å². The van der Waals surface area contributed by atoms with Gasteiger partial charge in [0.25, 0.3) is 0 Å². The minimum Gasteiger partial charge on any atom is -0.495 e. The van der Waals surface area contributed by atoms with Gasteiger partial charge in [-0.05, 0) is 48.0 Å². The highest BCUT2D eigenvalue weighted by Gasteiger charge is 2.06. The number of anilines is 1. The molecule has 126 valence electrons. The van der Waals surface area contributed by atoms with Gasteiger partial charge in [-0.3, -0.25) is 4.79 Å². The van der Waals surface area contributed by atoms with Gasteiger partial charge in [0.15, 0.2) is 9.84 Å². The fourth-order valence-electron chi connectivity index (χ4n) is 1.93. The Morgan fingerprint density at radius 3 is 2.38 bits per heavy atom. The zero-order valence-corrected chi connectivity index (χ0v) is 14.7. The van der Waals surface area contributed by atoms with Gasteiger partial charge < -0.3 is 10.1 Å². The standard InChI is InChI=1S/C17H16ClNO4S/c1-23-16-9-3-12(11-15(16)18)4-10-17(20)19-13-5-7-14(8-6-13)24(2,21)22/h3-11H,1-2H3,(H,19,20).